The minimum atomic E-state index is -3.84. The van der Waals surface area contributed by atoms with E-state index < -0.39 is 16.1 Å². The van der Waals surface area contributed by atoms with E-state index in [4.69, 9.17) is 11.6 Å². The summed E-state index contributed by atoms with van der Waals surface area (Å²) >= 11 is 7.57. The topological polar surface area (TPSA) is 96.9 Å². The molecule has 3 rings (SSSR count). The van der Waals surface area contributed by atoms with Crippen molar-refractivity contribution in [2.45, 2.75) is 37.6 Å². The maximum absolute atomic E-state index is 13.4. The summed E-state index contributed by atoms with van der Waals surface area (Å²) in [5.41, 5.74) is 0.836. The predicted molar refractivity (Wildman–Crippen MR) is 116 cm³/mol. The molecule has 0 amide bonds. The lowest BCUT2D eigenvalue weighted by atomic mass is 10.0. The maximum Gasteiger partial charge on any atom is 0.242 e. The zero-order chi connectivity index (χ0) is 21.9. The van der Waals surface area contributed by atoms with Gasteiger partial charge in [0.1, 0.15) is 26.5 Å². The first-order valence-electron chi connectivity index (χ1n) is 9.13. The molecule has 160 valence electrons. The Labute approximate surface area is 183 Å². The smallest absolute Gasteiger partial charge is 0.242 e. The first kappa shape index (κ1) is 22.5. The number of halogens is 2. The molecule has 0 aliphatic rings. The third-order valence-electron chi connectivity index (χ3n) is 4.36. The van der Waals surface area contributed by atoms with Crippen LogP contribution in [0, 0.1) is 12.7 Å². The summed E-state index contributed by atoms with van der Waals surface area (Å²) in [7, 11) is -3.84. The summed E-state index contributed by atoms with van der Waals surface area (Å²) in [6.07, 6.45) is 1.24. The molecule has 2 unspecified atom stereocenters. The van der Waals surface area contributed by atoms with Gasteiger partial charge in [0, 0.05) is 12.7 Å². The van der Waals surface area contributed by atoms with Crippen LogP contribution in [0.3, 0.4) is 0 Å². The Morgan fingerprint density at radius 2 is 2.00 bits per heavy atom. The zero-order valence-corrected chi connectivity index (χ0v) is 18.9. The highest BCUT2D eigenvalue weighted by molar-refractivity contribution is 7.89. The van der Waals surface area contributed by atoms with Crippen LogP contribution >= 0.6 is 22.9 Å². The number of sulfonamides is 1. The number of aromatic nitrogens is 3. The van der Waals surface area contributed by atoms with E-state index >= 15 is 0 Å². The lowest BCUT2D eigenvalue weighted by molar-refractivity contribution is 0.565. The van der Waals surface area contributed by atoms with Crippen molar-refractivity contribution in [1.29, 1.82) is 0 Å². The Balaban J connectivity index is 1.68. The van der Waals surface area contributed by atoms with Crippen LogP contribution in [0.5, 0.6) is 0 Å². The average molecular weight is 470 g/mol. The van der Waals surface area contributed by atoms with Crippen molar-refractivity contribution in [2.24, 2.45) is 0 Å². The van der Waals surface area contributed by atoms with Crippen molar-refractivity contribution in [3.8, 4) is 0 Å². The quantitative estimate of drug-likeness (QED) is 0.510. The van der Waals surface area contributed by atoms with E-state index in [1.165, 1.54) is 35.7 Å². The molecule has 2 heterocycles. The Morgan fingerprint density at radius 3 is 2.63 bits per heavy atom. The summed E-state index contributed by atoms with van der Waals surface area (Å²) in [5.74, 6) is 0.0574. The molecule has 0 saturated heterocycles. The maximum atomic E-state index is 13.4. The highest BCUT2D eigenvalue weighted by atomic mass is 35.5. The molecule has 0 aliphatic carbocycles. The van der Waals surface area contributed by atoms with Crippen LogP contribution in [-0.4, -0.2) is 30.1 Å². The number of rotatable bonds is 8. The second-order valence-electron chi connectivity index (χ2n) is 6.84. The number of pyridine rings is 1. The lowest BCUT2D eigenvalue weighted by Gasteiger charge is -2.15. The summed E-state index contributed by atoms with van der Waals surface area (Å²) in [6, 6.07) is 7.16. The van der Waals surface area contributed by atoms with E-state index in [1.54, 1.807) is 19.9 Å². The molecule has 11 heteroatoms. The number of hydrogen-bond acceptors (Lipinski definition) is 7. The molecular formula is C19H21ClFN5O2S2. The van der Waals surface area contributed by atoms with Gasteiger partial charge in [0.05, 0.1) is 11.1 Å². The van der Waals surface area contributed by atoms with Gasteiger partial charge in [0.2, 0.25) is 10.0 Å². The highest BCUT2D eigenvalue weighted by Crippen LogP contribution is 2.26. The molecule has 2 N–H and O–H groups in total. The predicted octanol–water partition coefficient (Wildman–Crippen LogP) is 4.29. The molecule has 0 fully saturated rings. The molecule has 0 saturated carbocycles. The Kier molecular flexibility index (Phi) is 7.02. The SMILES string of the molecule is Cc1nnc(C(C)NS(=O)(=O)c2cnc(NCC(C)c3cccc(F)c3)c(Cl)c2)s1. The minimum Gasteiger partial charge on any atom is -0.368 e. The highest BCUT2D eigenvalue weighted by Gasteiger charge is 2.22. The molecule has 0 spiro atoms. The number of aryl methyl sites for hydroxylation is 1. The summed E-state index contributed by atoms with van der Waals surface area (Å²) in [6.45, 7) is 5.88. The molecule has 2 atom stereocenters. The van der Waals surface area contributed by atoms with Crippen molar-refractivity contribution in [1.82, 2.24) is 19.9 Å². The standard InChI is InChI=1S/C19H21ClFN5O2S2/c1-11(14-5-4-6-15(21)7-14)9-22-18-17(20)8-16(10-23-18)30(27,28)26-12(2)19-25-24-13(3)29-19/h4-8,10-12,26H,9H2,1-3H3,(H,22,23). The van der Waals surface area contributed by atoms with E-state index in [2.05, 4.69) is 25.2 Å². The second kappa shape index (κ2) is 9.34. The van der Waals surface area contributed by atoms with E-state index in [1.807, 2.05) is 13.0 Å². The van der Waals surface area contributed by atoms with E-state index in [9.17, 15) is 12.8 Å². The van der Waals surface area contributed by atoms with Crippen molar-refractivity contribution in [2.75, 3.05) is 11.9 Å². The van der Waals surface area contributed by atoms with Crippen LogP contribution in [0.4, 0.5) is 10.2 Å². The minimum absolute atomic E-state index is 0.000135. The van der Waals surface area contributed by atoms with Crippen molar-refractivity contribution in [3.63, 3.8) is 0 Å². The average Bonchev–Trinajstić information content (AvgIpc) is 3.13. The van der Waals surface area contributed by atoms with Crippen LogP contribution in [0.2, 0.25) is 5.02 Å². The first-order chi connectivity index (χ1) is 14.2. The van der Waals surface area contributed by atoms with Crippen molar-refractivity contribution >= 4 is 38.8 Å². The number of nitrogens with one attached hydrogen (secondary N) is 2. The number of nitrogens with zero attached hydrogens (tertiary/aromatic N) is 3. The fourth-order valence-electron chi connectivity index (χ4n) is 2.72. The Morgan fingerprint density at radius 1 is 1.23 bits per heavy atom. The van der Waals surface area contributed by atoms with Gasteiger partial charge in [0.15, 0.2) is 0 Å². The van der Waals surface area contributed by atoms with Crippen LogP contribution < -0.4 is 10.0 Å². The van der Waals surface area contributed by atoms with Crippen LogP contribution in [-0.2, 0) is 10.0 Å². The van der Waals surface area contributed by atoms with E-state index in [0.29, 0.717) is 17.4 Å². The van der Waals surface area contributed by atoms with Crippen LogP contribution in [0.25, 0.3) is 0 Å². The molecule has 1 aromatic carbocycles. The van der Waals surface area contributed by atoms with E-state index in [-0.39, 0.29) is 21.7 Å². The summed E-state index contributed by atoms with van der Waals surface area (Å²) < 4.78 is 41.3. The third-order valence-corrected chi connectivity index (χ3v) is 7.18. The Bertz CT molecular complexity index is 1140. The van der Waals surface area contributed by atoms with Crippen LogP contribution in [0.1, 0.15) is 41.4 Å². The molecule has 7 nitrogen and oxygen atoms in total. The number of hydrogen-bond donors (Lipinski definition) is 2. The molecule has 3 aromatic rings. The van der Waals surface area contributed by atoms with Gasteiger partial charge in [-0.2, -0.15) is 0 Å². The van der Waals surface area contributed by atoms with Gasteiger partial charge in [-0.25, -0.2) is 22.5 Å². The van der Waals surface area contributed by atoms with E-state index in [0.717, 1.165) is 10.6 Å². The third kappa shape index (κ3) is 5.51. The van der Waals surface area contributed by atoms with Gasteiger partial charge in [-0.15, -0.1) is 21.5 Å². The molecule has 0 radical (unpaired) electrons. The van der Waals surface area contributed by atoms with Gasteiger partial charge in [-0.1, -0.05) is 30.7 Å². The van der Waals surface area contributed by atoms with Gasteiger partial charge < -0.3 is 5.32 Å². The van der Waals surface area contributed by atoms with Crippen molar-refractivity contribution < 1.29 is 12.8 Å². The molecule has 30 heavy (non-hydrogen) atoms. The lowest BCUT2D eigenvalue weighted by Crippen LogP contribution is -2.27. The normalized spacial score (nSPS) is 13.8. The molecule has 2 aromatic heterocycles. The Hall–Kier alpha value is -2.14. The van der Waals surface area contributed by atoms with Gasteiger partial charge in [-0.05, 0) is 43.5 Å². The van der Waals surface area contributed by atoms with Crippen molar-refractivity contribution in [3.05, 3.63) is 62.9 Å². The largest absolute Gasteiger partial charge is 0.368 e. The molecule has 0 bridgehead atoms. The van der Waals surface area contributed by atoms with Crippen LogP contribution in [0.15, 0.2) is 41.4 Å². The van der Waals surface area contributed by atoms with Gasteiger partial charge in [-0.3, -0.25) is 0 Å². The van der Waals surface area contributed by atoms with Gasteiger partial charge >= 0.3 is 0 Å². The molecular weight excluding hydrogens is 449 g/mol. The fourth-order valence-corrected chi connectivity index (χ4v) is 4.97. The fraction of sp³-hybridized carbons (Fsp3) is 0.316. The summed E-state index contributed by atoms with van der Waals surface area (Å²) in [5, 5.41) is 12.4. The number of benzene rings is 1. The molecule has 0 aliphatic heterocycles. The monoisotopic (exact) mass is 469 g/mol. The first-order valence-corrected chi connectivity index (χ1v) is 11.8. The summed E-state index contributed by atoms with van der Waals surface area (Å²) in [4.78, 5) is 4.10. The second-order valence-corrected chi connectivity index (χ2v) is 10.2. The number of anilines is 1. The van der Waals surface area contributed by atoms with Gasteiger partial charge in [0.25, 0.3) is 0 Å². The zero-order valence-electron chi connectivity index (χ0n) is 16.6.